The summed E-state index contributed by atoms with van der Waals surface area (Å²) in [6.45, 7) is 13.1. The Kier molecular flexibility index (Phi) is 12.6. The molecule has 0 radical (unpaired) electrons. The molecule has 6 nitrogen and oxygen atoms in total. The molecule has 0 bridgehead atoms. The topological polar surface area (TPSA) is 63.5 Å². The standard InChI is InChI=1S/C22H35N5O.HI/c1-5-23-22(24-12-9-13-27-20(4)14-19(3)26-27)25-15-18(2)16-28-17-21-10-7-6-8-11-21;/h6-8,10-11,14,18H,5,9,12-13,15-17H2,1-4H3,(H2,23,24,25);1H. The maximum atomic E-state index is 5.81. The summed E-state index contributed by atoms with van der Waals surface area (Å²) < 4.78 is 7.88. The highest BCUT2D eigenvalue weighted by molar-refractivity contribution is 14.0. The Bertz CT molecular complexity index is 717. The fourth-order valence-corrected chi connectivity index (χ4v) is 2.93. The van der Waals surface area contributed by atoms with Crippen molar-refractivity contribution in [3.63, 3.8) is 0 Å². The van der Waals surface area contributed by atoms with Crippen molar-refractivity contribution >= 4 is 29.9 Å². The van der Waals surface area contributed by atoms with Gasteiger partial charge in [0, 0.05) is 31.9 Å². The Labute approximate surface area is 192 Å². The van der Waals surface area contributed by atoms with Crippen molar-refractivity contribution < 1.29 is 4.74 Å². The lowest BCUT2D eigenvalue weighted by Crippen LogP contribution is -2.38. The molecule has 0 fully saturated rings. The number of benzene rings is 1. The van der Waals surface area contributed by atoms with Crippen molar-refractivity contribution in [2.75, 3.05) is 26.2 Å². The molecule has 29 heavy (non-hydrogen) atoms. The molecule has 1 aromatic heterocycles. The third kappa shape index (κ3) is 10.1. The number of nitrogens with one attached hydrogen (secondary N) is 2. The second-order valence-corrected chi connectivity index (χ2v) is 7.26. The summed E-state index contributed by atoms with van der Waals surface area (Å²) in [4.78, 5) is 4.70. The van der Waals surface area contributed by atoms with Crippen LogP contribution in [0.4, 0.5) is 0 Å². The molecule has 7 heteroatoms. The Morgan fingerprint density at radius 1 is 1.21 bits per heavy atom. The van der Waals surface area contributed by atoms with Crippen molar-refractivity contribution in [3.8, 4) is 0 Å². The summed E-state index contributed by atoms with van der Waals surface area (Å²) in [6, 6.07) is 12.4. The average Bonchev–Trinajstić information content (AvgIpc) is 3.01. The SMILES string of the molecule is CCNC(=NCC(C)COCc1ccccc1)NCCCn1nc(C)cc1C.I. The molecular formula is C22H36IN5O. The molecule has 2 aromatic rings. The number of aliphatic imine (C=N–C) groups is 1. The predicted molar refractivity (Wildman–Crippen MR) is 131 cm³/mol. The number of rotatable bonds is 11. The molecule has 0 saturated heterocycles. The van der Waals surface area contributed by atoms with Crippen LogP contribution in [0.5, 0.6) is 0 Å². The van der Waals surface area contributed by atoms with Crippen molar-refractivity contribution in [1.29, 1.82) is 0 Å². The van der Waals surface area contributed by atoms with Gasteiger partial charge in [-0.15, -0.1) is 24.0 Å². The maximum Gasteiger partial charge on any atom is 0.191 e. The van der Waals surface area contributed by atoms with Gasteiger partial charge in [0.15, 0.2) is 5.96 Å². The van der Waals surface area contributed by atoms with Gasteiger partial charge in [-0.05, 0) is 44.7 Å². The van der Waals surface area contributed by atoms with Crippen molar-refractivity contribution in [2.45, 2.75) is 47.3 Å². The van der Waals surface area contributed by atoms with Gasteiger partial charge in [-0.2, -0.15) is 5.10 Å². The van der Waals surface area contributed by atoms with E-state index in [1.54, 1.807) is 0 Å². The molecule has 2 rings (SSSR count). The molecule has 1 heterocycles. The number of hydrogen-bond acceptors (Lipinski definition) is 3. The fourth-order valence-electron chi connectivity index (χ4n) is 2.93. The molecule has 0 amide bonds. The van der Waals surface area contributed by atoms with Crippen LogP contribution in [0.1, 0.15) is 37.2 Å². The van der Waals surface area contributed by atoms with Crippen LogP contribution in [0.15, 0.2) is 41.4 Å². The predicted octanol–water partition coefficient (Wildman–Crippen LogP) is 3.92. The normalized spacial score (nSPS) is 12.3. The molecule has 0 aliphatic heterocycles. The summed E-state index contributed by atoms with van der Waals surface area (Å²) in [5, 5.41) is 11.2. The number of guanidine groups is 1. The van der Waals surface area contributed by atoms with Gasteiger partial charge in [-0.1, -0.05) is 37.3 Å². The maximum absolute atomic E-state index is 5.81. The number of aromatic nitrogens is 2. The van der Waals surface area contributed by atoms with E-state index < -0.39 is 0 Å². The molecule has 1 atom stereocenters. The fraction of sp³-hybridized carbons (Fsp3) is 0.545. The Balaban J connectivity index is 0.00000420. The van der Waals surface area contributed by atoms with E-state index in [4.69, 9.17) is 9.73 Å². The number of nitrogens with zero attached hydrogens (tertiary/aromatic N) is 3. The van der Waals surface area contributed by atoms with Gasteiger partial charge >= 0.3 is 0 Å². The van der Waals surface area contributed by atoms with Crippen LogP contribution in [-0.2, 0) is 17.9 Å². The van der Waals surface area contributed by atoms with Gasteiger partial charge < -0.3 is 15.4 Å². The van der Waals surface area contributed by atoms with Gasteiger partial charge in [0.25, 0.3) is 0 Å². The van der Waals surface area contributed by atoms with Crippen LogP contribution in [0.25, 0.3) is 0 Å². The first-order valence-corrected chi connectivity index (χ1v) is 10.2. The lowest BCUT2D eigenvalue weighted by Gasteiger charge is -2.14. The number of halogens is 1. The quantitative estimate of drug-likeness (QED) is 0.207. The van der Waals surface area contributed by atoms with E-state index in [1.807, 2.05) is 25.1 Å². The first-order valence-electron chi connectivity index (χ1n) is 10.2. The monoisotopic (exact) mass is 513 g/mol. The van der Waals surface area contributed by atoms with Crippen LogP contribution in [0.2, 0.25) is 0 Å². The lowest BCUT2D eigenvalue weighted by atomic mass is 10.2. The molecular weight excluding hydrogens is 477 g/mol. The molecule has 0 spiro atoms. The molecule has 0 aliphatic rings. The van der Waals surface area contributed by atoms with Gasteiger partial charge in [-0.3, -0.25) is 9.67 Å². The third-order valence-corrected chi connectivity index (χ3v) is 4.36. The van der Waals surface area contributed by atoms with E-state index in [0.717, 1.165) is 44.3 Å². The van der Waals surface area contributed by atoms with E-state index in [9.17, 15) is 0 Å². The minimum absolute atomic E-state index is 0. The van der Waals surface area contributed by atoms with Crippen LogP contribution < -0.4 is 10.6 Å². The molecule has 1 aromatic carbocycles. The third-order valence-electron chi connectivity index (χ3n) is 4.36. The second kappa shape index (κ2) is 14.4. The zero-order valence-electron chi connectivity index (χ0n) is 18.1. The molecule has 0 saturated carbocycles. The van der Waals surface area contributed by atoms with Gasteiger partial charge in [0.05, 0.1) is 18.9 Å². The largest absolute Gasteiger partial charge is 0.376 e. The van der Waals surface area contributed by atoms with Crippen LogP contribution in [-0.4, -0.2) is 42.0 Å². The Morgan fingerprint density at radius 3 is 2.62 bits per heavy atom. The summed E-state index contributed by atoms with van der Waals surface area (Å²) in [5.74, 6) is 1.24. The Morgan fingerprint density at radius 2 is 1.97 bits per heavy atom. The minimum atomic E-state index is 0. The van der Waals surface area contributed by atoms with Crippen molar-refractivity contribution in [1.82, 2.24) is 20.4 Å². The Hall–Kier alpha value is -1.61. The number of hydrogen-bond donors (Lipinski definition) is 2. The highest BCUT2D eigenvalue weighted by Gasteiger charge is 2.04. The smallest absolute Gasteiger partial charge is 0.191 e. The van der Waals surface area contributed by atoms with Crippen LogP contribution in [0.3, 0.4) is 0 Å². The average molecular weight is 513 g/mol. The van der Waals surface area contributed by atoms with Gasteiger partial charge in [-0.25, -0.2) is 0 Å². The first-order chi connectivity index (χ1) is 13.6. The zero-order valence-corrected chi connectivity index (χ0v) is 20.5. The number of aryl methyl sites for hydroxylation is 3. The van der Waals surface area contributed by atoms with Crippen LogP contribution >= 0.6 is 24.0 Å². The van der Waals surface area contributed by atoms with E-state index >= 15 is 0 Å². The van der Waals surface area contributed by atoms with E-state index in [0.29, 0.717) is 19.1 Å². The highest BCUT2D eigenvalue weighted by atomic mass is 127. The highest BCUT2D eigenvalue weighted by Crippen LogP contribution is 2.04. The van der Waals surface area contributed by atoms with Gasteiger partial charge in [0.2, 0.25) is 0 Å². The zero-order chi connectivity index (χ0) is 20.2. The first kappa shape index (κ1) is 25.4. The van der Waals surface area contributed by atoms with E-state index in [1.165, 1.54) is 11.3 Å². The summed E-state index contributed by atoms with van der Waals surface area (Å²) in [5.41, 5.74) is 3.49. The molecule has 2 N–H and O–H groups in total. The molecule has 0 aliphatic carbocycles. The van der Waals surface area contributed by atoms with Crippen LogP contribution in [0, 0.1) is 19.8 Å². The van der Waals surface area contributed by atoms with E-state index in [2.05, 4.69) is 59.4 Å². The molecule has 1 unspecified atom stereocenters. The lowest BCUT2D eigenvalue weighted by molar-refractivity contribution is 0.0945. The van der Waals surface area contributed by atoms with Crippen molar-refractivity contribution in [3.05, 3.63) is 53.3 Å². The van der Waals surface area contributed by atoms with E-state index in [-0.39, 0.29) is 24.0 Å². The molecule has 162 valence electrons. The summed E-state index contributed by atoms with van der Waals surface area (Å²) in [6.07, 6.45) is 1.00. The number of ether oxygens (including phenoxy) is 1. The summed E-state index contributed by atoms with van der Waals surface area (Å²) >= 11 is 0. The minimum Gasteiger partial charge on any atom is -0.376 e. The summed E-state index contributed by atoms with van der Waals surface area (Å²) in [7, 11) is 0. The van der Waals surface area contributed by atoms with Crippen molar-refractivity contribution in [2.24, 2.45) is 10.9 Å². The second-order valence-electron chi connectivity index (χ2n) is 7.26. The van der Waals surface area contributed by atoms with Gasteiger partial charge in [0.1, 0.15) is 0 Å².